The maximum atomic E-state index is 14.5. The number of allylic oxidation sites excluding steroid dienone is 1. The van der Waals surface area contributed by atoms with Gasteiger partial charge in [-0.3, -0.25) is 19.1 Å². The Labute approximate surface area is 302 Å². The summed E-state index contributed by atoms with van der Waals surface area (Å²) in [6.45, 7) is 3.58. The third-order valence-corrected chi connectivity index (χ3v) is 13.1. The van der Waals surface area contributed by atoms with Crippen LogP contribution in [0.15, 0.2) is 42.6 Å². The SMILES string of the molecule is COC[C@@H]1C[C@@H](C)CCC=C[C@@H]2C[C@@]2(C(=O)NS(=O)(=O)C2(C)CC2)NC(=O)[C@@H]2C[C@@H](Oc3nccc4cc(OC)ccc34)CN2C(=O)[C@H]1NC(=O)O. The highest BCUT2D eigenvalue weighted by Gasteiger charge is 2.63. The third kappa shape index (κ3) is 7.54. The standard InChI is InChI=1S/C36H47N5O10S/c1-21-7-5-6-8-24-18-36(24,33(44)40-52(47,48)35(2)12-13-35)39-30(42)28-17-26(51-31-27-10-9-25(50-4)16-22(27)11-14-37-31)19-41(28)32(43)29(38-34(45)46)23(15-21)20-49-3/h6,8-11,14,16,21,23-24,26,28-29,38H,5,7,12-13,15,17-20H2,1-4H3,(H,39,42)(H,40,44)(H,45,46)/t21-,23-,24+,26+,28-,29-,36+/m0/s1. The number of carbonyl (C=O) groups excluding carboxylic acids is 3. The van der Waals surface area contributed by atoms with E-state index in [1.807, 2.05) is 25.1 Å². The summed E-state index contributed by atoms with van der Waals surface area (Å²) in [5.41, 5.74) is -1.56. The van der Waals surface area contributed by atoms with Gasteiger partial charge in [-0.15, -0.1) is 0 Å². The van der Waals surface area contributed by atoms with Crippen LogP contribution in [-0.4, -0.2) is 103 Å². The van der Waals surface area contributed by atoms with Crippen LogP contribution in [0.3, 0.4) is 0 Å². The molecule has 0 spiro atoms. The normalized spacial score (nSPS) is 30.2. The van der Waals surface area contributed by atoms with Crippen molar-refractivity contribution in [2.45, 2.75) is 87.3 Å². The molecular formula is C36H47N5O10S. The summed E-state index contributed by atoms with van der Waals surface area (Å²) in [4.78, 5) is 60.5. The lowest BCUT2D eigenvalue weighted by Crippen LogP contribution is -2.59. The summed E-state index contributed by atoms with van der Waals surface area (Å²) in [6, 6.07) is 4.74. The van der Waals surface area contributed by atoms with E-state index in [0.717, 1.165) is 5.39 Å². The second kappa shape index (κ2) is 14.5. The molecule has 2 aliphatic carbocycles. The van der Waals surface area contributed by atoms with E-state index in [0.29, 0.717) is 43.2 Å². The van der Waals surface area contributed by atoms with Crippen molar-refractivity contribution >= 4 is 44.6 Å². The van der Waals surface area contributed by atoms with Crippen LogP contribution in [0.2, 0.25) is 0 Å². The fraction of sp³-hybridized carbons (Fsp3) is 0.583. The number of ether oxygens (including phenoxy) is 3. The molecule has 2 saturated carbocycles. The van der Waals surface area contributed by atoms with Crippen molar-refractivity contribution in [3.8, 4) is 11.6 Å². The predicted octanol–water partition coefficient (Wildman–Crippen LogP) is 2.74. The van der Waals surface area contributed by atoms with E-state index in [1.165, 1.54) is 12.0 Å². The van der Waals surface area contributed by atoms with Crippen LogP contribution in [0.5, 0.6) is 11.6 Å². The second-order valence-electron chi connectivity index (χ2n) is 14.8. The molecule has 16 heteroatoms. The third-order valence-electron chi connectivity index (χ3n) is 11.0. The van der Waals surface area contributed by atoms with Gasteiger partial charge in [0.05, 0.1) is 25.0 Å². The molecule has 6 rings (SSSR count). The highest BCUT2D eigenvalue weighted by molar-refractivity contribution is 7.91. The molecule has 52 heavy (non-hydrogen) atoms. The first-order valence-electron chi connectivity index (χ1n) is 17.6. The molecule has 4 N–H and O–H groups in total. The number of pyridine rings is 1. The van der Waals surface area contributed by atoms with Gasteiger partial charge in [0.1, 0.15) is 29.5 Å². The van der Waals surface area contributed by atoms with Gasteiger partial charge < -0.3 is 34.9 Å². The van der Waals surface area contributed by atoms with E-state index in [-0.39, 0.29) is 37.8 Å². The van der Waals surface area contributed by atoms with Gasteiger partial charge in [-0.1, -0.05) is 19.1 Å². The first kappa shape index (κ1) is 37.3. The number of rotatable bonds is 9. The van der Waals surface area contributed by atoms with Gasteiger partial charge >= 0.3 is 6.09 Å². The molecule has 4 aliphatic rings. The molecule has 1 aromatic carbocycles. The number of sulfonamides is 1. The second-order valence-corrected chi connectivity index (χ2v) is 17.0. The Morgan fingerprint density at radius 1 is 1.15 bits per heavy atom. The zero-order valence-electron chi connectivity index (χ0n) is 29.8. The maximum Gasteiger partial charge on any atom is 0.405 e. The lowest BCUT2D eigenvalue weighted by atomic mass is 9.87. The van der Waals surface area contributed by atoms with E-state index in [1.54, 1.807) is 38.4 Å². The highest BCUT2D eigenvalue weighted by atomic mass is 32.2. The van der Waals surface area contributed by atoms with Crippen molar-refractivity contribution in [2.75, 3.05) is 27.4 Å². The first-order chi connectivity index (χ1) is 24.7. The van der Waals surface area contributed by atoms with E-state index in [9.17, 15) is 32.7 Å². The molecule has 4 amide bonds. The van der Waals surface area contributed by atoms with Gasteiger partial charge in [0.25, 0.3) is 5.91 Å². The molecule has 2 aliphatic heterocycles. The molecular weight excluding hydrogens is 694 g/mol. The van der Waals surface area contributed by atoms with Crippen LogP contribution in [-0.2, 0) is 29.1 Å². The Morgan fingerprint density at radius 2 is 1.92 bits per heavy atom. The number of hydrogen-bond acceptors (Lipinski definition) is 10. The molecule has 0 radical (unpaired) electrons. The number of fused-ring (bicyclic) bond motifs is 3. The topological polar surface area (TPSA) is 203 Å². The fourth-order valence-electron chi connectivity index (χ4n) is 7.43. The summed E-state index contributed by atoms with van der Waals surface area (Å²) < 4.78 is 44.6. The lowest BCUT2D eigenvalue weighted by molar-refractivity contribution is -0.142. The van der Waals surface area contributed by atoms with Crippen molar-refractivity contribution in [1.29, 1.82) is 0 Å². The number of carbonyl (C=O) groups is 4. The Morgan fingerprint density at radius 3 is 2.62 bits per heavy atom. The number of carboxylic acid groups (broad SMARTS) is 1. The van der Waals surface area contributed by atoms with Crippen LogP contribution in [0.1, 0.15) is 58.8 Å². The number of aromatic nitrogens is 1. The zero-order chi connectivity index (χ0) is 37.4. The molecule has 7 atom stereocenters. The van der Waals surface area contributed by atoms with E-state index in [4.69, 9.17) is 14.2 Å². The Bertz CT molecular complexity index is 1870. The van der Waals surface area contributed by atoms with Gasteiger partial charge in [-0.05, 0) is 81.0 Å². The van der Waals surface area contributed by atoms with Crippen molar-refractivity contribution < 1.29 is 46.9 Å². The molecule has 0 bridgehead atoms. The van der Waals surface area contributed by atoms with Gasteiger partial charge in [0.2, 0.25) is 27.7 Å². The molecule has 0 unspecified atom stereocenters. The van der Waals surface area contributed by atoms with Crippen LogP contribution >= 0.6 is 0 Å². The van der Waals surface area contributed by atoms with Gasteiger partial charge in [0, 0.05) is 36.9 Å². The maximum absolute atomic E-state index is 14.5. The number of benzene rings is 1. The number of nitrogens with zero attached hydrogens (tertiary/aromatic N) is 2. The molecule has 1 saturated heterocycles. The van der Waals surface area contributed by atoms with Gasteiger partial charge in [-0.2, -0.15) is 0 Å². The van der Waals surface area contributed by atoms with Crippen LogP contribution < -0.4 is 24.8 Å². The largest absolute Gasteiger partial charge is 0.497 e. The first-order valence-corrected chi connectivity index (χ1v) is 19.1. The molecule has 282 valence electrons. The van der Waals surface area contributed by atoms with Crippen LogP contribution in [0.4, 0.5) is 4.79 Å². The van der Waals surface area contributed by atoms with Crippen molar-refractivity contribution in [3.63, 3.8) is 0 Å². The van der Waals surface area contributed by atoms with Crippen molar-refractivity contribution in [2.24, 2.45) is 17.8 Å². The number of methoxy groups -OCH3 is 2. The quantitative estimate of drug-likeness (QED) is 0.275. The average Bonchev–Trinajstić information content (AvgIpc) is 3.98. The van der Waals surface area contributed by atoms with E-state index in [2.05, 4.69) is 20.3 Å². The number of nitrogens with one attached hydrogen (secondary N) is 3. The Kier molecular flexibility index (Phi) is 10.4. The average molecular weight is 742 g/mol. The summed E-state index contributed by atoms with van der Waals surface area (Å²) in [5.74, 6) is -2.22. The number of amides is 4. The summed E-state index contributed by atoms with van der Waals surface area (Å²) >= 11 is 0. The van der Waals surface area contributed by atoms with Crippen molar-refractivity contribution in [3.05, 3.63) is 42.6 Å². The number of hydrogen-bond donors (Lipinski definition) is 4. The van der Waals surface area contributed by atoms with E-state index >= 15 is 0 Å². The Hall–Kier alpha value is -4.44. The zero-order valence-corrected chi connectivity index (χ0v) is 30.6. The molecule has 1 aromatic heterocycles. The molecule has 3 fully saturated rings. The predicted molar refractivity (Wildman–Crippen MR) is 189 cm³/mol. The van der Waals surface area contributed by atoms with Crippen molar-refractivity contribution in [1.82, 2.24) is 25.2 Å². The summed E-state index contributed by atoms with van der Waals surface area (Å²) in [7, 11) is -0.968. The minimum atomic E-state index is -4.01. The van der Waals surface area contributed by atoms with Crippen LogP contribution in [0, 0.1) is 17.8 Å². The fourth-order valence-corrected chi connectivity index (χ4v) is 8.74. The van der Waals surface area contributed by atoms with Gasteiger partial charge in [-0.25, -0.2) is 18.2 Å². The van der Waals surface area contributed by atoms with Gasteiger partial charge in [0.15, 0.2) is 0 Å². The minimum absolute atomic E-state index is 0.00842. The molecule has 3 heterocycles. The molecule has 2 aromatic rings. The monoisotopic (exact) mass is 741 g/mol. The highest BCUT2D eigenvalue weighted by Crippen LogP contribution is 2.47. The van der Waals surface area contributed by atoms with Crippen LogP contribution in [0.25, 0.3) is 10.8 Å². The Balaban J connectivity index is 1.35. The lowest BCUT2D eigenvalue weighted by Gasteiger charge is -2.33. The summed E-state index contributed by atoms with van der Waals surface area (Å²) in [6.07, 6.45) is 5.95. The summed E-state index contributed by atoms with van der Waals surface area (Å²) in [5, 5.41) is 16.6. The van der Waals surface area contributed by atoms with E-state index < -0.39 is 74.1 Å². The molecule has 15 nitrogen and oxygen atoms in total. The smallest absolute Gasteiger partial charge is 0.405 e. The minimum Gasteiger partial charge on any atom is -0.497 e.